The van der Waals surface area contributed by atoms with Gasteiger partial charge in [0.05, 0.1) is 20.4 Å². The predicted molar refractivity (Wildman–Crippen MR) is 133 cm³/mol. The van der Waals surface area contributed by atoms with Crippen LogP contribution >= 0.6 is 0 Å². The van der Waals surface area contributed by atoms with Crippen molar-refractivity contribution in [3.63, 3.8) is 0 Å². The number of aliphatic carboxylic acids is 1. The molecule has 3 rings (SSSR count). The number of Topliss-reactive ketones (excluding diaryl/α,β-unsaturated/α-hetero) is 1. The number of halogens is 2. The maximum absolute atomic E-state index is 14.8. The van der Waals surface area contributed by atoms with Crippen LogP contribution in [0.1, 0.15) is 49.0 Å². The SMILES string of the molecule is CCOc1ccc2c(n1)CCN(C(=O)CCCC(=O)O)[C@H]2C(=O)Cc1cc(F)c([Si](C)(C)C)c(F)c1. The minimum Gasteiger partial charge on any atom is -0.481 e. The second kappa shape index (κ2) is 11.3. The molecule has 194 valence electrons. The fourth-order valence-corrected chi connectivity index (χ4v) is 6.16. The lowest BCUT2D eigenvalue weighted by Gasteiger charge is -2.36. The first kappa shape index (κ1) is 27.4. The summed E-state index contributed by atoms with van der Waals surface area (Å²) in [5.74, 6) is -2.66. The number of amides is 1. The van der Waals surface area contributed by atoms with Gasteiger partial charge in [-0.25, -0.2) is 13.8 Å². The first-order valence-corrected chi connectivity index (χ1v) is 15.6. The normalized spacial score (nSPS) is 15.4. The molecule has 1 atom stereocenters. The van der Waals surface area contributed by atoms with E-state index in [-0.39, 0.29) is 48.9 Å². The lowest BCUT2D eigenvalue weighted by molar-refractivity contribution is -0.141. The molecule has 0 unspecified atom stereocenters. The van der Waals surface area contributed by atoms with Crippen LogP contribution in [0.4, 0.5) is 8.78 Å². The number of carboxylic acids is 1. The van der Waals surface area contributed by atoms with E-state index >= 15 is 0 Å². The van der Waals surface area contributed by atoms with E-state index < -0.39 is 37.5 Å². The Morgan fingerprint density at radius 1 is 1.14 bits per heavy atom. The number of carbonyl (C=O) groups excluding carboxylic acids is 2. The monoisotopic (exact) mass is 518 g/mol. The van der Waals surface area contributed by atoms with E-state index in [0.717, 1.165) is 0 Å². The molecule has 0 radical (unpaired) electrons. The van der Waals surface area contributed by atoms with Crippen LogP contribution in [-0.2, 0) is 27.2 Å². The van der Waals surface area contributed by atoms with Crippen molar-refractivity contribution in [3.8, 4) is 5.88 Å². The van der Waals surface area contributed by atoms with Crippen LogP contribution in [0.5, 0.6) is 5.88 Å². The molecule has 1 amide bonds. The molecule has 2 heterocycles. The fourth-order valence-electron chi connectivity index (χ4n) is 4.59. The van der Waals surface area contributed by atoms with Gasteiger partial charge < -0.3 is 14.7 Å². The average molecular weight is 519 g/mol. The average Bonchev–Trinajstić information content (AvgIpc) is 2.76. The second-order valence-electron chi connectivity index (χ2n) is 9.93. The van der Waals surface area contributed by atoms with Gasteiger partial charge in [0.25, 0.3) is 0 Å². The summed E-state index contributed by atoms with van der Waals surface area (Å²) in [5, 5.41) is 8.99. The zero-order valence-corrected chi connectivity index (χ0v) is 22.1. The Balaban J connectivity index is 1.93. The molecule has 0 bridgehead atoms. The van der Waals surface area contributed by atoms with E-state index in [1.807, 2.05) is 26.6 Å². The van der Waals surface area contributed by atoms with E-state index in [1.165, 1.54) is 17.0 Å². The van der Waals surface area contributed by atoms with Gasteiger partial charge in [0, 0.05) is 49.0 Å². The maximum atomic E-state index is 14.8. The standard InChI is InChI=1S/C26H32F2N2O5Si/c1-5-35-22-10-9-17-20(29-22)11-12-30(23(32)7-6-8-24(33)34)25(17)21(31)15-16-13-18(27)26(19(28)14-16)36(2,3)4/h9-10,13-14,25H,5-8,11-12,15H2,1-4H3,(H,33,34)/t25-/m1/s1. The van der Waals surface area contributed by atoms with E-state index in [9.17, 15) is 23.2 Å². The zero-order valence-electron chi connectivity index (χ0n) is 21.1. The number of carbonyl (C=O) groups is 3. The predicted octanol–water partition coefficient (Wildman–Crippen LogP) is 3.80. The third kappa shape index (κ3) is 6.34. The number of hydrogen-bond donors (Lipinski definition) is 1. The number of hydrogen-bond acceptors (Lipinski definition) is 5. The number of carboxylic acid groups (broad SMARTS) is 1. The molecule has 0 saturated carbocycles. The van der Waals surface area contributed by atoms with Crippen LogP contribution in [-0.4, -0.2) is 53.9 Å². The van der Waals surface area contributed by atoms with Crippen molar-refractivity contribution < 1.29 is 33.0 Å². The van der Waals surface area contributed by atoms with Crippen LogP contribution in [0, 0.1) is 11.6 Å². The van der Waals surface area contributed by atoms with Gasteiger partial charge in [0.15, 0.2) is 5.78 Å². The van der Waals surface area contributed by atoms with E-state index in [1.54, 1.807) is 12.1 Å². The van der Waals surface area contributed by atoms with Gasteiger partial charge in [0.2, 0.25) is 11.8 Å². The van der Waals surface area contributed by atoms with Crippen molar-refractivity contribution >= 4 is 30.9 Å². The van der Waals surface area contributed by atoms with Crippen LogP contribution in [0.15, 0.2) is 24.3 Å². The number of pyridine rings is 1. The Morgan fingerprint density at radius 2 is 1.81 bits per heavy atom. The minimum absolute atomic E-state index is 0.0238. The number of rotatable bonds is 10. The Kier molecular flexibility index (Phi) is 8.60. The summed E-state index contributed by atoms with van der Waals surface area (Å²) in [6.07, 6.45) is 0.101. The van der Waals surface area contributed by atoms with Crippen molar-refractivity contribution in [2.45, 2.75) is 64.7 Å². The summed E-state index contributed by atoms with van der Waals surface area (Å²) in [4.78, 5) is 43.3. The van der Waals surface area contributed by atoms with Gasteiger partial charge in [-0.2, -0.15) is 0 Å². The molecule has 1 aliphatic rings. The van der Waals surface area contributed by atoms with Gasteiger partial charge in [-0.05, 0) is 37.1 Å². The van der Waals surface area contributed by atoms with Gasteiger partial charge in [-0.15, -0.1) is 0 Å². The number of nitrogens with zero attached hydrogens (tertiary/aromatic N) is 2. The highest BCUT2D eigenvalue weighted by atomic mass is 28.3. The minimum atomic E-state index is -2.27. The third-order valence-electron chi connectivity index (χ3n) is 6.11. The summed E-state index contributed by atoms with van der Waals surface area (Å²) in [5.41, 5.74) is 1.36. The number of benzene rings is 1. The Bertz CT molecular complexity index is 1140. The van der Waals surface area contributed by atoms with Crippen LogP contribution in [0.3, 0.4) is 0 Å². The van der Waals surface area contributed by atoms with Crippen molar-refractivity contribution in [3.05, 3.63) is 52.7 Å². The summed E-state index contributed by atoms with van der Waals surface area (Å²) < 4.78 is 35.1. The van der Waals surface area contributed by atoms with Gasteiger partial charge in [0.1, 0.15) is 17.7 Å². The molecule has 1 aromatic carbocycles. The quantitative estimate of drug-likeness (QED) is 0.481. The molecule has 0 fully saturated rings. The molecule has 0 aliphatic carbocycles. The Morgan fingerprint density at radius 3 is 2.39 bits per heavy atom. The fraction of sp³-hybridized carbons (Fsp3) is 0.462. The highest BCUT2D eigenvalue weighted by Gasteiger charge is 2.37. The van der Waals surface area contributed by atoms with Gasteiger partial charge in [-0.1, -0.05) is 19.6 Å². The molecular weight excluding hydrogens is 486 g/mol. The number of ether oxygens (including phenoxy) is 1. The number of aromatic nitrogens is 1. The molecule has 1 aromatic heterocycles. The highest BCUT2D eigenvalue weighted by Crippen LogP contribution is 2.33. The largest absolute Gasteiger partial charge is 0.481 e. The van der Waals surface area contributed by atoms with Gasteiger partial charge in [-0.3, -0.25) is 14.4 Å². The highest BCUT2D eigenvalue weighted by molar-refractivity contribution is 6.88. The first-order valence-electron chi connectivity index (χ1n) is 12.1. The zero-order chi connectivity index (χ0) is 26.6. The Labute approximate surface area is 210 Å². The third-order valence-corrected chi connectivity index (χ3v) is 8.09. The smallest absolute Gasteiger partial charge is 0.303 e. The van der Waals surface area contributed by atoms with Crippen molar-refractivity contribution in [2.24, 2.45) is 0 Å². The van der Waals surface area contributed by atoms with Gasteiger partial charge >= 0.3 is 5.97 Å². The topological polar surface area (TPSA) is 96.8 Å². The van der Waals surface area contributed by atoms with Crippen LogP contribution in [0.2, 0.25) is 19.6 Å². The number of fused-ring (bicyclic) bond motifs is 1. The molecule has 1 N–H and O–H groups in total. The molecule has 7 nitrogen and oxygen atoms in total. The van der Waals surface area contributed by atoms with Crippen LogP contribution in [0.25, 0.3) is 0 Å². The molecule has 1 aliphatic heterocycles. The second-order valence-corrected chi connectivity index (χ2v) is 14.9. The first-order chi connectivity index (χ1) is 16.9. The summed E-state index contributed by atoms with van der Waals surface area (Å²) in [6, 6.07) is 4.74. The molecule has 0 spiro atoms. The maximum Gasteiger partial charge on any atom is 0.303 e. The Hall–Kier alpha value is -3.14. The molecular formula is C26H32F2N2O5Si. The lowest BCUT2D eigenvalue weighted by atomic mass is 9.90. The lowest BCUT2D eigenvalue weighted by Crippen LogP contribution is -2.44. The van der Waals surface area contributed by atoms with Crippen LogP contribution < -0.4 is 9.92 Å². The molecule has 2 aromatic rings. The van der Waals surface area contributed by atoms with Crippen molar-refractivity contribution in [1.29, 1.82) is 0 Å². The van der Waals surface area contributed by atoms with Crippen molar-refractivity contribution in [1.82, 2.24) is 9.88 Å². The summed E-state index contributed by atoms with van der Waals surface area (Å²) >= 11 is 0. The molecule has 10 heteroatoms. The van der Waals surface area contributed by atoms with E-state index in [4.69, 9.17) is 9.84 Å². The molecule has 0 saturated heterocycles. The summed E-state index contributed by atoms with van der Waals surface area (Å²) in [6.45, 7) is 8.00. The van der Waals surface area contributed by atoms with Crippen molar-refractivity contribution in [2.75, 3.05) is 13.2 Å². The van der Waals surface area contributed by atoms with E-state index in [0.29, 0.717) is 30.2 Å². The van der Waals surface area contributed by atoms with E-state index in [2.05, 4.69) is 4.98 Å². The summed E-state index contributed by atoms with van der Waals surface area (Å²) in [7, 11) is -2.27. The number of ketones is 1. The molecule has 36 heavy (non-hydrogen) atoms.